The molecule has 0 heterocycles. The van der Waals surface area contributed by atoms with Crippen LogP contribution < -0.4 is 9.16 Å². The van der Waals surface area contributed by atoms with Gasteiger partial charge in [0.25, 0.3) is 8.32 Å². The number of Topliss-reactive ketones (excluding diaryl/α,β-unsaturated/α-hetero) is 1. The van der Waals surface area contributed by atoms with E-state index in [0.717, 1.165) is 18.6 Å². The fourth-order valence-electron chi connectivity index (χ4n) is 2.75. The molecule has 0 aliphatic rings. The van der Waals surface area contributed by atoms with Crippen LogP contribution >= 0.6 is 0 Å². The first-order valence-corrected chi connectivity index (χ1v) is 13.4. The van der Waals surface area contributed by atoms with Crippen LogP contribution in [0.5, 0.6) is 11.5 Å². The minimum atomic E-state index is -2.02. The highest BCUT2D eigenvalue weighted by atomic mass is 28.4. The first kappa shape index (κ1) is 23.7. The predicted molar refractivity (Wildman–Crippen MR) is 118 cm³/mol. The summed E-state index contributed by atoms with van der Waals surface area (Å²) in [5, 5.41) is 0.0783. The van der Waals surface area contributed by atoms with Crippen LogP contribution in [0.2, 0.25) is 18.1 Å². The summed E-state index contributed by atoms with van der Waals surface area (Å²) in [6.07, 6.45) is 9.08. The van der Waals surface area contributed by atoms with Gasteiger partial charge in [0.15, 0.2) is 5.78 Å². The Morgan fingerprint density at radius 1 is 1.00 bits per heavy atom. The summed E-state index contributed by atoms with van der Waals surface area (Å²) in [5.41, 5.74) is 0.701. The number of rotatable bonds is 12. The zero-order valence-electron chi connectivity index (χ0n) is 18.6. The van der Waals surface area contributed by atoms with Gasteiger partial charge >= 0.3 is 0 Å². The molecule has 0 aliphatic carbocycles. The third-order valence-electron chi connectivity index (χ3n) is 5.67. The molecule has 0 amide bonds. The van der Waals surface area contributed by atoms with Gasteiger partial charge in [0.05, 0.1) is 12.7 Å². The van der Waals surface area contributed by atoms with Crippen molar-refractivity contribution in [2.75, 3.05) is 7.11 Å². The standard InChI is InChI=1S/C23H40O3Si/c1-8-9-10-11-12-13-14-15-21(24)20-17-16-19(25-5)18-22(20)26-27(6,7)23(2,3)4/h16-18H,8-15H2,1-7H3. The number of benzene rings is 1. The van der Waals surface area contributed by atoms with E-state index in [9.17, 15) is 4.79 Å². The monoisotopic (exact) mass is 392 g/mol. The van der Waals surface area contributed by atoms with Gasteiger partial charge in [-0.25, -0.2) is 0 Å². The number of ketones is 1. The molecule has 0 aromatic heterocycles. The van der Waals surface area contributed by atoms with Gasteiger partial charge in [-0.1, -0.05) is 66.2 Å². The molecule has 0 N–H and O–H groups in total. The molecule has 0 bridgehead atoms. The van der Waals surface area contributed by atoms with E-state index >= 15 is 0 Å². The Balaban J connectivity index is 2.77. The van der Waals surface area contributed by atoms with Gasteiger partial charge in [-0.2, -0.15) is 0 Å². The summed E-state index contributed by atoms with van der Waals surface area (Å²) < 4.78 is 11.8. The maximum Gasteiger partial charge on any atom is 0.250 e. The minimum absolute atomic E-state index is 0.0783. The second-order valence-corrected chi connectivity index (χ2v) is 13.7. The second-order valence-electron chi connectivity index (χ2n) is 9.02. The fraction of sp³-hybridized carbons (Fsp3) is 0.696. The Morgan fingerprint density at radius 3 is 2.15 bits per heavy atom. The second kappa shape index (κ2) is 10.9. The molecule has 154 valence electrons. The average molecular weight is 393 g/mol. The molecular weight excluding hydrogens is 352 g/mol. The van der Waals surface area contributed by atoms with Crippen LogP contribution in [0.4, 0.5) is 0 Å². The highest BCUT2D eigenvalue weighted by Gasteiger charge is 2.39. The first-order chi connectivity index (χ1) is 12.6. The average Bonchev–Trinajstić information content (AvgIpc) is 2.59. The summed E-state index contributed by atoms with van der Waals surface area (Å²) in [6, 6.07) is 5.60. The number of methoxy groups -OCH3 is 1. The van der Waals surface area contributed by atoms with Gasteiger partial charge in [-0.3, -0.25) is 4.79 Å². The van der Waals surface area contributed by atoms with Crippen LogP contribution in [0.15, 0.2) is 18.2 Å². The SMILES string of the molecule is CCCCCCCCCC(=O)c1ccc(OC)cc1O[Si](C)(C)C(C)(C)C. The Bertz CT molecular complexity index is 588. The van der Waals surface area contributed by atoms with E-state index in [1.54, 1.807) is 7.11 Å². The van der Waals surface area contributed by atoms with E-state index in [4.69, 9.17) is 9.16 Å². The molecule has 0 spiro atoms. The normalized spacial score (nSPS) is 12.1. The Kier molecular flexibility index (Phi) is 9.58. The van der Waals surface area contributed by atoms with Crippen molar-refractivity contribution in [3.8, 4) is 11.5 Å². The van der Waals surface area contributed by atoms with Crippen LogP contribution in [-0.4, -0.2) is 21.2 Å². The number of hydrogen-bond acceptors (Lipinski definition) is 3. The van der Waals surface area contributed by atoms with Crippen molar-refractivity contribution in [2.24, 2.45) is 0 Å². The van der Waals surface area contributed by atoms with E-state index in [1.807, 2.05) is 18.2 Å². The Labute approximate surface area is 168 Å². The van der Waals surface area contributed by atoms with Crippen molar-refractivity contribution >= 4 is 14.1 Å². The van der Waals surface area contributed by atoms with Crippen molar-refractivity contribution in [3.05, 3.63) is 23.8 Å². The molecule has 0 radical (unpaired) electrons. The summed E-state index contributed by atoms with van der Waals surface area (Å²) >= 11 is 0. The highest BCUT2D eigenvalue weighted by Crippen LogP contribution is 2.39. The molecule has 0 saturated carbocycles. The molecule has 0 atom stereocenters. The fourth-order valence-corrected chi connectivity index (χ4v) is 3.77. The molecule has 3 nitrogen and oxygen atoms in total. The van der Waals surface area contributed by atoms with Gasteiger partial charge in [0.2, 0.25) is 0 Å². The lowest BCUT2D eigenvalue weighted by Gasteiger charge is -2.37. The van der Waals surface area contributed by atoms with Crippen LogP contribution in [0, 0.1) is 0 Å². The van der Waals surface area contributed by atoms with Crippen LogP contribution in [0.25, 0.3) is 0 Å². The lowest BCUT2D eigenvalue weighted by molar-refractivity contribution is 0.0977. The summed E-state index contributed by atoms with van der Waals surface area (Å²) in [4.78, 5) is 12.8. The molecule has 27 heavy (non-hydrogen) atoms. The molecule has 0 fully saturated rings. The lowest BCUT2D eigenvalue weighted by atomic mass is 10.0. The number of ether oxygens (including phenoxy) is 1. The number of unbranched alkanes of at least 4 members (excludes halogenated alkanes) is 6. The third kappa shape index (κ3) is 7.69. The van der Waals surface area contributed by atoms with E-state index < -0.39 is 8.32 Å². The van der Waals surface area contributed by atoms with Gasteiger partial charge in [-0.15, -0.1) is 0 Å². The summed E-state index contributed by atoms with van der Waals surface area (Å²) in [7, 11) is -0.379. The largest absolute Gasteiger partial charge is 0.543 e. The molecule has 1 aromatic carbocycles. The van der Waals surface area contributed by atoms with Gasteiger partial charge < -0.3 is 9.16 Å². The van der Waals surface area contributed by atoms with Crippen molar-refractivity contribution in [1.29, 1.82) is 0 Å². The van der Waals surface area contributed by atoms with E-state index in [1.165, 1.54) is 32.1 Å². The highest BCUT2D eigenvalue weighted by molar-refractivity contribution is 6.74. The van der Waals surface area contributed by atoms with Crippen molar-refractivity contribution < 1.29 is 14.0 Å². The topological polar surface area (TPSA) is 35.5 Å². The smallest absolute Gasteiger partial charge is 0.250 e. The number of carbonyl (C=O) groups is 1. The summed E-state index contributed by atoms with van der Waals surface area (Å²) in [5.74, 6) is 1.60. The summed E-state index contributed by atoms with van der Waals surface area (Å²) in [6.45, 7) is 13.3. The van der Waals surface area contributed by atoms with Crippen molar-refractivity contribution in [1.82, 2.24) is 0 Å². The van der Waals surface area contributed by atoms with Crippen LogP contribution in [0.1, 0.15) is 89.4 Å². The van der Waals surface area contributed by atoms with Gasteiger partial charge in [0, 0.05) is 12.5 Å². The molecule has 1 rings (SSSR count). The van der Waals surface area contributed by atoms with Gasteiger partial charge in [0.1, 0.15) is 11.5 Å². The van der Waals surface area contributed by atoms with Gasteiger partial charge in [-0.05, 0) is 36.7 Å². The van der Waals surface area contributed by atoms with Crippen molar-refractivity contribution in [2.45, 2.75) is 97.2 Å². The van der Waals surface area contributed by atoms with E-state index in [0.29, 0.717) is 17.7 Å². The van der Waals surface area contributed by atoms with E-state index in [2.05, 4.69) is 40.8 Å². The molecular formula is C23H40O3Si. The zero-order valence-corrected chi connectivity index (χ0v) is 19.6. The predicted octanol–water partition coefficient (Wildman–Crippen LogP) is 7.40. The molecule has 1 aromatic rings. The molecule has 0 saturated heterocycles. The number of carbonyl (C=O) groups excluding carboxylic acids is 1. The molecule has 0 unspecified atom stereocenters. The third-order valence-corrected chi connectivity index (χ3v) is 10.0. The van der Waals surface area contributed by atoms with Crippen LogP contribution in [-0.2, 0) is 0 Å². The van der Waals surface area contributed by atoms with Crippen molar-refractivity contribution in [3.63, 3.8) is 0 Å². The number of hydrogen-bond donors (Lipinski definition) is 0. The molecule has 0 aliphatic heterocycles. The lowest BCUT2D eigenvalue weighted by Crippen LogP contribution is -2.44. The Morgan fingerprint density at radius 2 is 1.59 bits per heavy atom. The maximum absolute atomic E-state index is 12.8. The quantitative estimate of drug-likeness (QED) is 0.211. The maximum atomic E-state index is 12.8. The molecule has 4 heteroatoms. The Hall–Kier alpha value is -1.29. The van der Waals surface area contributed by atoms with Crippen LogP contribution in [0.3, 0.4) is 0 Å². The minimum Gasteiger partial charge on any atom is -0.543 e. The van der Waals surface area contributed by atoms with E-state index in [-0.39, 0.29) is 10.8 Å². The first-order valence-electron chi connectivity index (χ1n) is 10.5. The zero-order chi connectivity index (χ0) is 20.5.